The molecule has 2 aliphatic carbocycles. The van der Waals surface area contributed by atoms with Crippen molar-refractivity contribution in [3.8, 4) is 0 Å². The molecule has 1 aromatic carbocycles. The van der Waals surface area contributed by atoms with Gasteiger partial charge in [0.2, 0.25) is 0 Å². The predicted octanol–water partition coefficient (Wildman–Crippen LogP) is 7.32. The Bertz CT molecular complexity index is 772. The number of aryl methyl sites for hydroxylation is 1. The molecule has 0 spiro atoms. The minimum Gasteiger partial charge on any atom is -0.300 e. The van der Waals surface area contributed by atoms with Crippen LogP contribution >= 0.6 is 0 Å². The number of benzene rings is 1. The fourth-order valence-corrected chi connectivity index (χ4v) is 5.60. The summed E-state index contributed by atoms with van der Waals surface area (Å²) >= 11 is 0. The molecule has 1 aromatic rings. The van der Waals surface area contributed by atoms with Crippen LogP contribution in [0, 0.1) is 30.6 Å². The zero-order valence-corrected chi connectivity index (χ0v) is 21.0. The molecular weight excluding hydrogens is 396 g/mol. The van der Waals surface area contributed by atoms with E-state index in [-0.39, 0.29) is 35.6 Å². The van der Waals surface area contributed by atoms with E-state index in [1.54, 1.807) is 0 Å². The number of ketones is 3. The van der Waals surface area contributed by atoms with Gasteiger partial charge in [0, 0.05) is 17.9 Å². The van der Waals surface area contributed by atoms with Gasteiger partial charge in [0.15, 0.2) is 5.78 Å². The standard InChI is InChI=1S/C23H32O3.C6H12/c1-5-8-18(20(6-2)21(25)11-16(4)24)12-17-13-19-10-7-9-15(3)23(19)22(26)14-17;1-2-6-4-3-5-6/h7,9-10,17-18,20H,5-6,8,11-14H2,1-4H3;6H,2-5H2,1H3. The molecule has 0 heterocycles. The Hall–Kier alpha value is -1.77. The van der Waals surface area contributed by atoms with E-state index >= 15 is 0 Å². The first-order valence-electron chi connectivity index (χ1n) is 12.9. The van der Waals surface area contributed by atoms with Gasteiger partial charge in [-0.2, -0.15) is 0 Å². The Balaban J connectivity index is 0.000000520. The van der Waals surface area contributed by atoms with Gasteiger partial charge in [0.1, 0.15) is 11.6 Å². The fourth-order valence-electron chi connectivity index (χ4n) is 5.60. The molecule has 0 bridgehead atoms. The summed E-state index contributed by atoms with van der Waals surface area (Å²) in [6.45, 7) is 9.95. The zero-order valence-electron chi connectivity index (χ0n) is 21.0. The van der Waals surface area contributed by atoms with Crippen LogP contribution in [0.15, 0.2) is 18.2 Å². The maximum atomic E-state index is 12.7. The molecular formula is C29H44O3. The minimum atomic E-state index is -0.0622. The van der Waals surface area contributed by atoms with Gasteiger partial charge in [0.05, 0.1) is 6.42 Å². The van der Waals surface area contributed by atoms with E-state index in [0.29, 0.717) is 12.3 Å². The molecule has 0 N–H and O–H groups in total. The second-order valence-electron chi connectivity index (χ2n) is 10.2. The van der Waals surface area contributed by atoms with Gasteiger partial charge in [-0.3, -0.25) is 14.4 Å². The van der Waals surface area contributed by atoms with Gasteiger partial charge < -0.3 is 0 Å². The summed E-state index contributed by atoms with van der Waals surface area (Å²) in [5.41, 5.74) is 3.14. The van der Waals surface area contributed by atoms with Gasteiger partial charge in [-0.05, 0) is 62.0 Å². The topological polar surface area (TPSA) is 51.2 Å². The normalized spacial score (nSPS) is 19.8. The van der Waals surface area contributed by atoms with Crippen molar-refractivity contribution in [1.82, 2.24) is 0 Å². The lowest BCUT2D eigenvalue weighted by atomic mass is 9.72. The van der Waals surface area contributed by atoms with Crippen LogP contribution in [0.3, 0.4) is 0 Å². The summed E-state index contributed by atoms with van der Waals surface area (Å²) in [5.74, 6) is 1.89. The van der Waals surface area contributed by atoms with Crippen molar-refractivity contribution in [1.29, 1.82) is 0 Å². The SMILES string of the molecule is CCC1CCC1.CCCC(CC1CC(=O)c2c(C)cccc2C1)C(CC)C(=O)CC(C)=O. The molecule has 0 aromatic heterocycles. The Morgan fingerprint density at radius 1 is 1.06 bits per heavy atom. The third-order valence-corrected chi connectivity index (χ3v) is 7.56. The van der Waals surface area contributed by atoms with Crippen LogP contribution in [0.1, 0.15) is 113 Å². The van der Waals surface area contributed by atoms with Crippen LogP contribution in [0.25, 0.3) is 0 Å². The van der Waals surface area contributed by atoms with Crippen molar-refractivity contribution in [3.63, 3.8) is 0 Å². The van der Waals surface area contributed by atoms with Gasteiger partial charge in [0.25, 0.3) is 0 Å². The van der Waals surface area contributed by atoms with Crippen molar-refractivity contribution >= 4 is 17.3 Å². The summed E-state index contributed by atoms with van der Waals surface area (Å²) in [6.07, 6.45) is 11.1. The third kappa shape index (κ3) is 7.39. The second-order valence-corrected chi connectivity index (χ2v) is 10.2. The van der Waals surface area contributed by atoms with Crippen molar-refractivity contribution in [2.45, 2.75) is 105 Å². The molecule has 32 heavy (non-hydrogen) atoms. The minimum absolute atomic E-state index is 0.0460. The average molecular weight is 441 g/mol. The maximum Gasteiger partial charge on any atom is 0.163 e. The molecule has 3 atom stereocenters. The van der Waals surface area contributed by atoms with Crippen LogP contribution in [0.2, 0.25) is 0 Å². The summed E-state index contributed by atoms with van der Waals surface area (Å²) in [5, 5.41) is 0. The van der Waals surface area contributed by atoms with Crippen LogP contribution in [0.5, 0.6) is 0 Å². The van der Waals surface area contributed by atoms with Crippen LogP contribution in [-0.2, 0) is 16.0 Å². The monoisotopic (exact) mass is 440 g/mol. The third-order valence-electron chi connectivity index (χ3n) is 7.56. The molecule has 3 heteroatoms. The Labute approximate surface area is 195 Å². The highest BCUT2D eigenvalue weighted by atomic mass is 16.1. The first kappa shape index (κ1) is 26.5. The number of carbonyl (C=O) groups excluding carboxylic acids is 3. The molecule has 3 rings (SSSR count). The van der Waals surface area contributed by atoms with Crippen molar-refractivity contribution in [2.75, 3.05) is 0 Å². The van der Waals surface area contributed by atoms with Gasteiger partial charge in [-0.15, -0.1) is 0 Å². The van der Waals surface area contributed by atoms with Gasteiger partial charge in [-0.1, -0.05) is 77.5 Å². The van der Waals surface area contributed by atoms with Gasteiger partial charge in [-0.25, -0.2) is 0 Å². The van der Waals surface area contributed by atoms with E-state index in [9.17, 15) is 14.4 Å². The van der Waals surface area contributed by atoms with Crippen LogP contribution in [-0.4, -0.2) is 17.3 Å². The first-order chi connectivity index (χ1) is 15.3. The summed E-state index contributed by atoms with van der Waals surface area (Å²) in [4.78, 5) is 36.6. The molecule has 178 valence electrons. The Morgan fingerprint density at radius 2 is 1.78 bits per heavy atom. The molecule has 1 saturated carbocycles. The molecule has 0 radical (unpaired) electrons. The average Bonchev–Trinajstić information content (AvgIpc) is 2.67. The Kier molecular flexibility index (Phi) is 10.8. The molecule has 0 saturated heterocycles. The molecule has 0 amide bonds. The number of rotatable bonds is 10. The molecule has 3 nitrogen and oxygen atoms in total. The smallest absolute Gasteiger partial charge is 0.163 e. The van der Waals surface area contributed by atoms with Gasteiger partial charge >= 0.3 is 0 Å². The lowest BCUT2D eigenvalue weighted by Gasteiger charge is -2.31. The molecule has 0 aliphatic heterocycles. The van der Waals surface area contributed by atoms with E-state index in [4.69, 9.17) is 0 Å². The number of Topliss-reactive ketones (excluding diaryl/α,β-unsaturated/α-hetero) is 3. The van der Waals surface area contributed by atoms with Crippen LogP contribution < -0.4 is 0 Å². The van der Waals surface area contributed by atoms with E-state index in [1.165, 1.54) is 32.6 Å². The quantitative estimate of drug-likeness (QED) is 0.358. The number of fused-ring (bicyclic) bond motifs is 1. The lowest BCUT2D eigenvalue weighted by Crippen LogP contribution is -2.29. The lowest BCUT2D eigenvalue weighted by molar-refractivity contribution is -0.129. The first-order valence-corrected chi connectivity index (χ1v) is 12.9. The fraction of sp³-hybridized carbons (Fsp3) is 0.690. The molecule has 3 unspecified atom stereocenters. The highest BCUT2D eigenvalue weighted by Crippen LogP contribution is 2.36. The predicted molar refractivity (Wildman–Crippen MR) is 132 cm³/mol. The number of hydrogen-bond acceptors (Lipinski definition) is 3. The van der Waals surface area contributed by atoms with E-state index in [2.05, 4.69) is 19.9 Å². The van der Waals surface area contributed by atoms with Crippen molar-refractivity contribution in [2.24, 2.45) is 23.7 Å². The number of hydrogen-bond donors (Lipinski definition) is 0. The maximum absolute atomic E-state index is 12.7. The molecule has 1 fully saturated rings. The highest BCUT2D eigenvalue weighted by molar-refractivity contribution is 6.00. The molecule has 2 aliphatic rings. The van der Waals surface area contributed by atoms with Crippen molar-refractivity contribution < 1.29 is 14.4 Å². The van der Waals surface area contributed by atoms with E-state index in [1.807, 2.05) is 26.0 Å². The Morgan fingerprint density at radius 3 is 2.28 bits per heavy atom. The van der Waals surface area contributed by atoms with Crippen molar-refractivity contribution in [3.05, 3.63) is 34.9 Å². The zero-order chi connectivity index (χ0) is 23.7. The van der Waals surface area contributed by atoms with E-state index < -0.39 is 0 Å². The number of carbonyl (C=O) groups is 3. The summed E-state index contributed by atoms with van der Waals surface area (Å²) in [7, 11) is 0. The highest BCUT2D eigenvalue weighted by Gasteiger charge is 2.32. The largest absolute Gasteiger partial charge is 0.300 e. The summed E-state index contributed by atoms with van der Waals surface area (Å²) < 4.78 is 0. The summed E-state index contributed by atoms with van der Waals surface area (Å²) in [6, 6.07) is 6.10. The second kappa shape index (κ2) is 13.1. The van der Waals surface area contributed by atoms with E-state index in [0.717, 1.165) is 54.7 Å². The van der Waals surface area contributed by atoms with Crippen LogP contribution in [0.4, 0.5) is 0 Å².